The first kappa shape index (κ1) is 16.4. The van der Waals surface area contributed by atoms with Crippen molar-refractivity contribution < 1.29 is 0 Å². The summed E-state index contributed by atoms with van der Waals surface area (Å²) in [5.74, 6) is 0. The molecule has 0 heterocycles. The van der Waals surface area contributed by atoms with E-state index in [-0.39, 0.29) is 0 Å². The molecule has 0 aliphatic rings. The van der Waals surface area contributed by atoms with Gasteiger partial charge in [-0.25, -0.2) is 9.98 Å². The van der Waals surface area contributed by atoms with Crippen molar-refractivity contribution in [3.8, 4) is 0 Å². The van der Waals surface area contributed by atoms with Gasteiger partial charge in [0.05, 0.1) is 11.4 Å². The fourth-order valence-corrected chi connectivity index (χ4v) is 2.55. The summed E-state index contributed by atoms with van der Waals surface area (Å²) in [6, 6.07) is 26.7. The number of halogens is 2. The van der Waals surface area contributed by atoms with E-state index in [0.29, 0.717) is 10.3 Å². The zero-order valence-corrected chi connectivity index (χ0v) is 14.2. The van der Waals surface area contributed by atoms with E-state index < -0.39 is 0 Å². The molecule has 0 amide bonds. The Morgan fingerprint density at radius 2 is 0.833 bits per heavy atom. The van der Waals surface area contributed by atoms with E-state index in [1.165, 1.54) is 0 Å². The van der Waals surface area contributed by atoms with Gasteiger partial charge in [-0.05, 0) is 24.3 Å². The van der Waals surface area contributed by atoms with Crippen LogP contribution in [0, 0.1) is 0 Å². The summed E-state index contributed by atoms with van der Waals surface area (Å²) < 4.78 is 0. The monoisotopic (exact) mass is 352 g/mol. The van der Waals surface area contributed by atoms with Crippen molar-refractivity contribution in [2.45, 2.75) is 0 Å². The second kappa shape index (κ2) is 7.91. The molecular formula is C20H14Cl2N2. The molecule has 0 saturated carbocycles. The van der Waals surface area contributed by atoms with E-state index in [2.05, 4.69) is 9.98 Å². The summed E-state index contributed by atoms with van der Waals surface area (Å²) in [6.45, 7) is 0. The van der Waals surface area contributed by atoms with Crippen molar-refractivity contribution in [2.24, 2.45) is 9.98 Å². The average molecular weight is 353 g/mol. The van der Waals surface area contributed by atoms with E-state index >= 15 is 0 Å². The van der Waals surface area contributed by atoms with Crippen molar-refractivity contribution in [3.05, 3.63) is 96.1 Å². The Labute approximate surface area is 151 Å². The normalized spacial score (nSPS) is 12.2. The van der Waals surface area contributed by atoms with Gasteiger partial charge in [-0.15, -0.1) is 0 Å². The fourth-order valence-electron chi connectivity index (χ4n) is 2.11. The molecule has 4 heteroatoms. The van der Waals surface area contributed by atoms with Gasteiger partial charge < -0.3 is 0 Å². The zero-order valence-electron chi connectivity index (χ0n) is 12.7. The van der Waals surface area contributed by atoms with Crippen LogP contribution in [0.4, 0.5) is 11.4 Å². The molecular weight excluding hydrogens is 339 g/mol. The van der Waals surface area contributed by atoms with E-state index in [1.807, 2.05) is 84.9 Å². The molecule has 0 unspecified atom stereocenters. The lowest BCUT2D eigenvalue weighted by Crippen LogP contribution is -1.94. The molecule has 0 bridgehead atoms. The van der Waals surface area contributed by atoms with E-state index in [0.717, 1.165) is 22.5 Å². The Morgan fingerprint density at radius 3 is 1.17 bits per heavy atom. The minimum absolute atomic E-state index is 0.434. The molecule has 24 heavy (non-hydrogen) atoms. The van der Waals surface area contributed by atoms with Gasteiger partial charge in [0.1, 0.15) is 10.3 Å². The largest absolute Gasteiger partial charge is 0.236 e. The number of benzene rings is 3. The van der Waals surface area contributed by atoms with Crippen LogP contribution >= 0.6 is 23.2 Å². The molecule has 3 aromatic carbocycles. The second-order valence-electron chi connectivity index (χ2n) is 5.05. The summed E-state index contributed by atoms with van der Waals surface area (Å²) in [6.07, 6.45) is 0. The minimum Gasteiger partial charge on any atom is -0.236 e. The summed E-state index contributed by atoms with van der Waals surface area (Å²) >= 11 is 12.6. The van der Waals surface area contributed by atoms with Crippen LogP contribution in [0.5, 0.6) is 0 Å². The molecule has 2 nitrogen and oxygen atoms in total. The fraction of sp³-hybridized carbons (Fsp3) is 0. The molecule has 118 valence electrons. The first-order valence-corrected chi connectivity index (χ1v) is 8.17. The Morgan fingerprint density at radius 1 is 0.500 bits per heavy atom. The molecule has 0 atom stereocenters. The van der Waals surface area contributed by atoms with E-state index in [9.17, 15) is 0 Å². The molecule has 3 rings (SSSR count). The molecule has 0 saturated heterocycles. The van der Waals surface area contributed by atoms with Crippen LogP contribution in [0.3, 0.4) is 0 Å². The highest BCUT2D eigenvalue weighted by atomic mass is 35.5. The highest BCUT2D eigenvalue weighted by molar-refractivity contribution is 6.70. The third-order valence-electron chi connectivity index (χ3n) is 3.33. The predicted octanol–water partition coefficient (Wildman–Crippen LogP) is 6.32. The van der Waals surface area contributed by atoms with Crippen LogP contribution in [0.25, 0.3) is 0 Å². The molecule has 0 aliphatic heterocycles. The first-order chi connectivity index (χ1) is 11.7. The summed E-state index contributed by atoms with van der Waals surface area (Å²) in [5, 5.41) is 0.868. The van der Waals surface area contributed by atoms with Gasteiger partial charge in [0.25, 0.3) is 0 Å². The lowest BCUT2D eigenvalue weighted by atomic mass is 10.1. The first-order valence-electron chi connectivity index (χ1n) is 7.42. The highest BCUT2D eigenvalue weighted by Crippen LogP contribution is 2.18. The number of nitrogens with zero attached hydrogens (tertiary/aromatic N) is 2. The molecule has 0 radical (unpaired) electrons. The van der Waals surface area contributed by atoms with Crippen LogP contribution in [-0.4, -0.2) is 10.3 Å². The van der Waals surface area contributed by atoms with Crippen molar-refractivity contribution in [2.75, 3.05) is 0 Å². The highest BCUT2D eigenvalue weighted by Gasteiger charge is 2.04. The van der Waals surface area contributed by atoms with Crippen molar-refractivity contribution in [3.63, 3.8) is 0 Å². The summed E-state index contributed by atoms with van der Waals surface area (Å²) in [5.41, 5.74) is 3.28. The predicted molar refractivity (Wildman–Crippen MR) is 103 cm³/mol. The van der Waals surface area contributed by atoms with Gasteiger partial charge in [-0.1, -0.05) is 83.9 Å². The number of aliphatic imine (C=N–C) groups is 2. The van der Waals surface area contributed by atoms with Crippen molar-refractivity contribution in [1.29, 1.82) is 0 Å². The van der Waals surface area contributed by atoms with Crippen LogP contribution in [0.15, 0.2) is 94.9 Å². The molecule has 0 fully saturated rings. The van der Waals surface area contributed by atoms with Crippen LogP contribution in [-0.2, 0) is 0 Å². The molecule has 0 N–H and O–H groups in total. The Balaban J connectivity index is 1.80. The topological polar surface area (TPSA) is 24.7 Å². The maximum absolute atomic E-state index is 6.29. The van der Waals surface area contributed by atoms with Gasteiger partial charge in [-0.2, -0.15) is 0 Å². The van der Waals surface area contributed by atoms with Crippen molar-refractivity contribution >= 4 is 44.9 Å². The Kier molecular flexibility index (Phi) is 5.42. The molecule has 0 aliphatic carbocycles. The van der Waals surface area contributed by atoms with Gasteiger partial charge in [0, 0.05) is 11.1 Å². The van der Waals surface area contributed by atoms with Crippen molar-refractivity contribution in [1.82, 2.24) is 0 Å². The molecule has 0 aromatic heterocycles. The minimum atomic E-state index is 0.434. The second-order valence-corrected chi connectivity index (χ2v) is 5.77. The van der Waals surface area contributed by atoms with E-state index in [1.54, 1.807) is 0 Å². The van der Waals surface area contributed by atoms with Gasteiger partial charge in [0.15, 0.2) is 0 Å². The Hall–Kier alpha value is -2.42. The van der Waals surface area contributed by atoms with E-state index in [4.69, 9.17) is 23.2 Å². The van der Waals surface area contributed by atoms with Gasteiger partial charge >= 0.3 is 0 Å². The zero-order chi connectivity index (χ0) is 16.8. The lowest BCUT2D eigenvalue weighted by Gasteiger charge is -2.03. The van der Waals surface area contributed by atoms with Gasteiger partial charge in [0.2, 0.25) is 0 Å². The third-order valence-corrected chi connectivity index (χ3v) is 3.93. The van der Waals surface area contributed by atoms with Crippen LogP contribution < -0.4 is 0 Å². The standard InChI is InChI=1S/C20H14Cl2N2/c21-19(23-17-7-3-1-4-8-17)15-11-13-16(14-12-15)20(22)24-18-9-5-2-6-10-18/h1-14H. The molecule has 0 spiro atoms. The lowest BCUT2D eigenvalue weighted by molar-refractivity contribution is 1.50. The number of rotatable bonds is 4. The Bertz CT molecular complexity index is 781. The number of para-hydroxylation sites is 2. The number of hydrogen-bond donors (Lipinski definition) is 0. The summed E-state index contributed by atoms with van der Waals surface area (Å²) in [7, 11) is 0. The summed E-state index contributed by atoms with van der Waals surface area (Å²) in [4.78, 5) is 8.78. The average Bonchev–Trinajstić information content (AvgIpc) is 2.63. The SMILES string of the molecule is ClC(=Nc1ccccc1)c1ccc(C(Cl)=Nc2ccccc2)cc1. The van der Waals surface area contributed by atoms with Crippen LogP contribution in [0.1, 0.15) is 11.1 Å². The maximum Gasteiger partial charge on any atom is 0.136 e. The van der Waals surface area contributed by atoms with Crippen LogP contribution in [0.2, 0.25) is 0 Å². The van der Waals surface area contributed by atoms with Gasteiger partial charge in [-0.3, -0.25) is 0 Å². The third kappa shape index (κ3) is 4.31. The maximum atomic E-state index is 6.29. The molecule has 3 aromatic rings. The number of hydrogen-bond acceptors (Lipinski definition) is 2. The smallest absolute Gasteiger partial charge is 0.136 e. The quantitative estimate of drug-likeness (QED) is 0.490.